The smallest absolute Gasteiger partial charge is 0.235 e. The number of nitrogens with zero attached hydrogens (tertiary/aromatic N) is 2. The summed E-state index contributed by atoms with van der Waals surface area (Å²) < 4.78 is 1.99. The van der Waals surface area contributed by atoms with E-state index in [1.807, 2.05) is 25.1 Å². The molecular formula is C12H13ClN2OS2. The maximum absolute atomic E-state index is 11.8. The number of benzene rings is 1. The summed E-state index contributed by atoms with van der Waals surface area (Å²) in [7, 11) is 3.52. The van der Waals surface area contributed by atoms with Crippen LogP contribution in [0.2, 0.25) is 5.02 Å². The lowest BCUT2D eigenvalue weighted by atomic mass is 10.3. The third-order valence-corrected chi connectivity index (χ3v) is 4.85. The van der Waals surface area contributed by atoms with Crippen LogP contribution in [0.25, 0.3) is 10.2 Å². The molecule has 18 heavy (non-hydrogen) atoms. The van der Waals surface area contributed by atoms with Gasteiger partial charge in [-0.3, -0.25) is 4.79 Å². The van der Waals surface area contributed by atoms with Gasteiger partial charge in [-0.15, -0.1) is 11.3 Å². The Kier molecular flexibility index (Phi) is 4.14. The second kappa shape index (κ2) is 5.47. The fourth-order valence-electron chi connectivity index (χ4n) is 1.50. The van der Waals surface area contributed by atoms with Gasteiger partial charge in [-0.05, 0) is 25.1 Å². The van der Waals surface area contributed by atoms with Crippen LogP contribution in [0, 0.1) is 0 Å². The highest BCUT2D eigenvalue weighted by Crippen LogP contribution is 2.33. The Bertz CT molecular complexity index is 582. The first-order chi connectivity index (χ1) is 8.47. The number of rotatable bonds is 3. The molecule has 0 N–H and O–H groups in total. The van der Waals surface area contributed by atoms with Crippen molar-refractivity contribution in [1.29, 1.82) is 0 Å². The van der Waals surface area contributed by atoms with Gasteiger partial charge >= 0.3 is 0 Å². The second-order valence-electron chi connectivity index (χ2n) is 4.08. The van der Waals surface area contributed by atoms with Gasteiger partial charge in [-0.25, -0.2) is 4.98 Å². The minimum absolute atomic E-state index is 0.0947. The maximum atomic E-state index is 11.8. The van der Waals surface area contributed by atoms with Crippen molar-refractivity contribution in [2.45, 2.75) is 16.5 Å². The first-order valence-corrected chi connectivity index (χ1v) is 7.48. The Morgan fingerprint density at radius 1 is 1.50 bits per heavy atom. The van der Waals surface area contributed by atoms with Crippen LogP contribution >= 0.6 is 34.7 Å². The van der Waals surface area contributed by atoms with Crippen LogP contribution in [0.4, 0.5) is 0 Å². The summed E-state index contributed by atoms with van der Waals surface area (Å²) >= 11 is 8.99. The molecule has 1 unspecified atom stereocenters. The van der Waals surface area contributed by atoms with Gasteiger partial charge in [-0.2, -0.15) is 0 Å². The topological polar surface area (TPSA) is 33.2 Å². The molecule has 0 aliphatic rings. The molecule has 1 amide bonds. The number of aromatic nitrogens is 1. The molecule has 1 heterocycles. The van der Waals surface area contributed by atoms with Crippen molar-refractivity contribution in [2.24, 2.45) is 0 Å². The first-order valence-electron chi connectivity index (χ1n) is 5.41. The molecule has 0 aliphatic carbocycles. The normalized spacial score (nSPS) is 12.7. The highest BCUT2D eigenvalue weighted by molar-refractivity contribution is 8.02. The van der Waals surface area contributed by atoms with Crippen LogP contribution in [-0.2, 0) is 4.79 Å². The van der Waals surface area contributed by atoms with Crippen LogP contribution in [-0.4, -0.2) is 35.1 Å². The second-order valence-corrected chi connectivity index (χ2v) is 7.14. The van der Waals surface area contributed by atoms with E-state index in [1.54, 1.807) is 30.3 Å². The summed E-state index contributed by atoms with van der Waals surface area (Å²) in [6.07, 6.45) is 0. The van der Waals surface area contributed by atoms with Crippen LogP contribution in [0.5, 0.6) is 0 Å². The number of thiazole rings is 1. The van der Waals surface area contributed by atoms with E-state index in [-0.39, 0.29) is 11.2 Å². The number of hydrogen-bond donors (Lipinski definition) is 0. The van der Waals surface area contributed by atoms with E-state index >= 15 is 0 Å². The summed E-state index contributed by atoms with van der Waals surface area (Å²) in [6, 6.07) is 5.65. The lowest BCUT2D eigenvalue weighted by molar-refractivity contribution is -0.127. The Morgan fingerprint density at radius 3 is 2.89 bits per heavy atom. The Morgan fingerprint density at radius 2 is 2.22 bits per heavy atom. The average Bonchev–Trinajstić information content (AvgIpc) is 2.68. The molecule has 0 aliphatic heterocycles. The summed E-state index contributed by atoms with van der Waals surface area (Å²) in [5.74, 6) is 0.0947. The van der Waals surface area contributed by atoms with E-state index < -0.39 is 0 Å². The van der Waals surface area contributed by atoms with E-state index in [0.717, 1.165) is 14.6 Å². The fourth-order valence-corrected chi connectivity index (χ4v) is 4.00. The van der Waals surface area contributed by atoms with Crippen molar-refractivity contribution in [3.8, 4) is 0 Å². The van der Waals surface area contributed by atoms with Crippen molar-refractivity contribution in [3.05, 3.63) is 23.2 Å². The fraction of sp³-hybridized carbons (Fsp3) is 0.333. The molecular weight excluding hydrogens is 288 g/mol. The third kappa shape index (κ3) is 2.96. The zero-order valence-electron chi connectivity index (χ0n) is 10.3. The minimum Gasteiger partial charge on any atom is -0.348 e. The van der Waals surface area contributed by atoms with Gasteiger partial charge in [0.1, 0.15) is 0 Å². The molecule has 0 bridgehead atoms. The lowest BCUT2D eigenvalue weighted by Gasteiger charge is -2.14. The van der Waals surface area contributed by atoms with Crippen molar-refractivity contribution in [3.63, 3.8) is 0 Å². The zero-order chi connectivity index (χ0) is 13.3. The van der Waals surface area contributed by atoms with Crippen LogP contribution in [0.3, 0.4) is 0 Å². The number of halogens is 1. The van der Waals surface area contributed by atoms with Gasteiger partial charge in [0.25, 0.3) is 0 Å². The monoisotopic (exact) mass is 300 g/mol. The molecule has 1 aromatic heterocycles. The SMILES string of the molecule is CC(Sc1nc2cc(Cl)ccc2s1)C(=O)N(C)C. The highest BCUT2D eigenvalue weighted by atomic mass is 35.5. The predicted molar refractivity (Wildman–Crippen MR) is 78.6 cm³/mol. The van der Waals surface area contributed by atoms with E-state index in [9.17, 15) is 4.79 Å². The third-order valence-electron chi connectivity index (χ3n) is 2.40. The van der Waals surface area contributed by atoms with Gasteiger partial charge in [0.15, 0.2) is 4.34 Å². The van der Waals surface area contributed by atoms with Crippen molar-refractivity contribution >= 4 is 50.8 Å². The predicted octanol–water partition coefficient (Wildman–Crippen LogP) is 3.52. The van der Waals surface area contributed by atoms with Gasteiger partial charge in [-0.1, -0.05) is 23.4 Å². The number of carbonyl (C=O) groups excluding carboxylic acids is 1. The number of hydrogen-bond acceptors (Lipinski definition) is 4. The number of amides is 1. The number of carbonyl (C=O) groups is 1. The highest BCUT2D eigenvalue weighted by Gasteiger charge is 2.18. The molecule has 3 nitrogen and oxygen atoms in total. The van der Waals surface area contributed by atoms with Crippen molar-refractivity contribution in [2.75, 3.05) is 14.1 Å². The summed E-state index contributed by atoms with van der Waals surface area (Å²) in [5, 5.41) is 0.554. The molecule has 96 valence electrons. The molecule has 0 saturated carbocycles. The largest absolute Gasteiger partial charge is 0.348 e. The van der Waals surface area contributed by atoms with Crippen LogP contribution in [0.15, 0.2) is 22.5 Å². The zero-order valence-corrected chi connectivity index (χ0v) is 12.7. The molecule has 0 spiro atoms. The Hall–Kier alpha value is -0.780. The summed E-state index contributed by atoms with van der Waals surface area (Å²) in [5.41, 5.74) is 0.888. The lowest BCUT2D eigenvalue weighted by Crippen LogP contribution is -2.29. The maximum Gasteiger partial charge on any atom is 0.235 e. The van der Waals surface area contributed by atoms with Gasteiger partial charge in [0, 0.05) is 19.1 Å². The Balaban J connectivity index is 2.19. The molecule has 1 aromatic carbocycles. The van der Waals surface area contributed by atoms with Gasteiger partial charge < -0.3 is 4.90 Å². The van der Waals surface area contributed by atoms with E-state index in [1.165, 1.54) is 11.8 Å². The van der Waals surface area contributed by atoms with Gasteiger partial charge in [0.05, 0.1) is 15.5 Å². The molecule has 0 fully saturated rings. The molecule has 6 heteroatoms. The quantitative estimate of drug-likeness (QED) is 0.813. The molecule has 2 rings (SSSR count). The summed E-state index contributed by atoms with van der Waals surface area (Å²) in [4.78, 5) is 17.9. The van der Waals surface area contributed by atoms with E-state index in [2.05, 4.69) is 4.98 Å². The minimum atomic E-state index is -0.129. The number of thioether (sulfide) groups is 1. The van der Waals surface area contributed by atoms with Crippen LogP contribution < -0.4 is 0 Å². The molecule has 0 radical (unpaired) electrons. The van der Waals surface area contributed by atoms with E-state index in [4.69, 9.17) is 11.6 Å². The standard InChI is InChI=1S/C12H13ClN2OS2/c1-7(11(16)15(2)3)17-12-14-9-6-8(13)4-5-10(9)18-12/h4-7H,1-3H3. The Labute approximate surface area is 119 Å². The van der Waals surface area contributed by atoms with Crippen LogP contribution in [0.1, 0.15) is 6.92 Å². The van der Waals surface area contributed by atoms with Gasteiger partial charge in [0.2, 0.25) is 5.91 Å². The molecule has 1 atom stereocenters. The number of fused-ring (bicyclic) bond motifs is 1. The molecule has 0 saturated heterocycles. The van der Waals surface area contributed by atoms with Crippen molar-refractivity contribution < 1.29 is 4.79 Å². The first kappa shape index (κ1) is 13.6. The van der Waals surface area contributed by atoms with Crippen molar-refractivity contribution in [1.82, 2.24) is 9.88 Å². The molecule has 2 aromatic rings. The summed E-state index contributed by atoms with van der Waals surface area (Å²) in [6.45, 7) is 1.89. The average molecular weight is 301 g/mol. The van der Waals surface area contributed by atoms with E-state index in [0.29, 0.717) is 5.02 Å².